The molecule has 0 aromatic rings. The highest BCUT2D eigenvalue weighted by molar-refractivity contribution is 7.36. The van der Waals surface area contributed by atoms with Crippen LogP contribution in [0.2, 0.25) is 0 Å². The Kier molecular flexibility index (Phi) is 3.45. The fourth-order valence-electron chi connectivity index (χ4n) is 1.17. The van der Waals surface area contributed by atoms with E-state index in [2.05, 4.69) is 0 Å². The molecule has 0 aromatic heterocycles. The van der Waals surface area contributed by atoms with Gasteiger partial charge in [-0.05, 0) is 31.4 Å². The lowest BCUT2D eigenvalue weighted by atomic mass is 10.0. The summed E-state index contributed by atoms with van der Waals surface area (Å²) in [5.41, 5.74) is 2.06. The molecule has 1 aliphatic rings. The van der Waals surface area contributed by atoms with Gasteiger partial charge in [0.25, 0.3) is 0 Å². The van der Waals surface area contributed by atoms with Crippen LogP contribution in [0.25, 0.3) is 0 Å². The Morgan fingerprint density at radius 1 is 1.67 bits per heavy atom. The number of halogens is 1. The lowest BCUT2D eigenvalue weighted by Crippen LogP contribution is -2.00. The van der Waals surface area contributed by atoms with E-state index in [-0.39, 0.29) is 6.16 Å². The number of hydrogen-bond donors (Lipinski definition) is 0. The van der Waals surface area contributed by atoms with Crippen LogP contribution in [0.3, 0.4) is 0 Å². The molecule has 0 amide bonds. The topological polar surface area (TPSA) is 40.1 Å². The maximum atomic E-state index is 10.4. The summed E-state index contributed by atoms with van der Waals surface area (Å²) in [6.07, 6.45) is 3.66. The van der Waals surface area contributed by atoms with E-state index < -0.39 is 8.03 Å². The zero-order chi connectivity index (χ0) is 9.14. The normalized spacial score (nSPS) is 19.2. The van der Waals surface area contributed by atoms with Gasteiger partial charge < -0.3 is 4.89 Å². The number of allylic oxidation sites excluding steroid dienone is 4. The van der Waals surface area contributed by atoms with E-state index in [1.54, 1.807) is 0 Å². The smallest absolute Gasteiger partial charge is 0.313 e. The van der Waals surface area contributed by atoms with Crippen molar-refractivity contribution in [2.75, 3.05) is 6.16 Å². The van der Waals surface area contributed by atoms with Crippen LogP contribution in [0.1, 0.15) is 19.8 Å². The largest absolute Gasteiger partial charge is 0.595 e. The molecular formula is C8H10ClO2P. The zero-order valence-corrected chi connectivity index (χ0v) is 8.49. The van der Waals surface area contributed by atoms with Crippen molar-refractivity contribution in [3.63, 3.8) is 0 Å². The van der Waals surface area contributed by atoms with Crippen molar-refractivity contribution in [3.05, 3.63) is 22.3 Å². The zero-order valence-electron chi connectivity index (χ0n) is 6.84. The Morgan fingerprint density at radius 3 is 2.83 bits per heavy atom. The molecule has 1 atom stereocenters. The molecule has 1 unspecified atom stereocenters. The SMILES string of the molecule is CC1=CC(Cl)=C(C[P+](=O)[O-])CC1. The Labute approximate surface area is 77.8 Å². The molecule has 0 N–H and O–H groups in total. The average molecular weight is 205 g/mol. The van der Waals surface area contributed by atoms with Gasteiger partial charge in [-0.1, -0.05) is 21.7 Å². The van der Waals surface area contributed by atoms with Gasteiger partial charge in [-0.2, -0.15) is 0 Å². The lowest BCUT2D eigenvalue weighted by Gasteiger charge is -2.11. The van der Waals surface area contributed by atoms with Crippen LogP contribution in [0.15, 0.2) is 22.3 Å². The molecule has 12 heavy (non-hydrogen) atoms. The molecule has 0 aromatic carbocycles. The molecule has 0 radical (unpaired) electrons. The summed E-state index contributed by atoms with van der Waals surface area (Å²) in [5.74, 6) is 0. The van der Waals surface area contributed by atoms with Gasteiger partial charge in [0.1, 0.15) is 0 Å². The predicted octanol–water partition coefficient (Wildman–Crippen LogP) is 2.32. The highest BCUT2D eigenvalue weighted by atomic mass is 35.5. The Bertz CT molecular complexity index is 268. The van der Waals surface area contributed by atoms with Crippen molar-refractivity contribution >= 4 is 19.6 Å². The first-order valence-electron chi connectivity index (χ1n) is 3.76. The third kappa shape index (κ3) is 2.71. The highest BCUT2D eigenvalue weighted by Crippen LogP contribution is 2.29. The summed E-state index contributed by atoms with van der Waals surface area (Å²) >= 11 is 5.86. The average Bonchev–Trinajstić information content (AvgIpc) is 1.94. The Balaban J connectivity index is 2.76. The van der Waals surface area contributed by atoms with Gasteiger partial charge in [0, 0.05) is 5.03 Å². The fourth-order valence-corrected chi connectivity index (χ4v) is 2.25. The van der Waals surface area contributed by atoms with Gasteiger partial charge in [0.2, 0.25) is 0 Å². The van der Waals surface area contributed by atoms with Gasteiger partial charge in [-0.15, -0.1) is 0 Å². The van der Waals surface area contributed by atoms with Crippen molar-refractivity contribution in [2.24, 2.45) is 0 Å². The maximum Gasteiger partial charge on any atom is 0.313 e. The molecule has 0 saturated carbocycles. The molecular weight excluding hydrogens is 195 g/mol. The molecule has 0 aliphatic heterocycles. The molecule has 66 valence electrons. The number of rotatable bonds is 2. The predicted molar refractivity (Wildman–Crippen MR) is 48.3 cm³/mol. The van der Waals surface area contributed by atoms with Gasteiger partial charge in [-0.25, -0.2) is 0 Å². The van der Waals surface area contributed by atoms with Crippen molar-refractivity contribution in [1.82, 2.24) is 0 Å². The van der Waals surface area contributed by atoms with E-state index in [4.69, 9.17) is 11.6 Å². The quantitative estimate of drug-likeness (QED) is 0.648. The third-order valence-electron chi connectivity index (χ3n) is 1.85. The Morgan fingerprint density at radius 2 is 2.33 bits per heavy atom. The van der Waals surface area contributed by atoms with Gasteiger partial charge >= 0.3 is 8.03 Å². The second-order valence-electron chi connectivity index (χ2n) is 2.93. The van der Waals surface area contributed by atoms with Crippen molar-refractivity contribution in [3.8, 4) is 0 Å². The van der Waals surface area contributed by atoms with E-state index in [0.717, 1.165) is 18.4 Å². The highest BCUT2D eigenvalue weighted by Gasteiger charge is 2.14. The molecule has 0 fully saturated rings. The minimum absolute atomic E-state index is 0.109. The second kappa shape index (κ2) is 4.18. The summed E-state index contributed by atoms with van der Waals surface area (Å²) in [6.45, 7) is 2.00. The standard InChI is InChI=1S/C8H10ClO2P/c1-6-2-3-7(5-12(10)11)8(9)4-6/h4H,2-3,5H2,1H3. The summed E-state index contributed by atoms with van der Waals surface area (Å²) in [6, 6.07) is 0. The van der Waals surface area contributed by atoms with E-state index in [9.17, 15) is 9.46 Å². The monoisotopic (exact) mass is 204 g/mol. The van der Waals surface area contributed by atoms with Crippen molar-refractivity contribution in [2.45, 2.75) is 19.8 Å². The minimum atomic E-state index is -2.34. The van der Waals surface area contributed by atoms with Crippen LogP contribution in [-0.2, 0) is 4.57 Å². The first kappa shape index (κ1) is 9.91. The summed E-state index contributed by atoms with van der Waals surface area (Å²) < 4.78 is 10.4. The molecule has 0 heterocycles. The molecule has 1 aliphatic carbocycles. The van der Waals surface area contributed by atoms with E-state index in [0.29, 0.717) is 5.03 Å². The summed E-state index contributed by atoms with van der Waals surface area (Å²) in [7, 11) is -2.34. The first-order chi connectivity index (χ1) is 5.59. The van der Waals surface area contributed by atoms with Crippen LogP contribution in [0, 0.1) is 0 Å². The first-order valence-corrected chi connectivity index (χ1v) is 5.50. The van der Waals surface area contributed by atoms with Crippen LogP contribution in [0.5, 0.6) is 0 Å². The van der Waals surface area contributed by atoms with Gasteiger partial charge in [-0.3, -0.25) is 0 Å². The summed E-state index contributed by atoms with van der Waals surface area (Å²) in [5, 5.41) is 0.609. The lowest BCUT2D eigenvalue weighted by molar-refractivity contribution is -0.163. The Hall–Kier alpha value is -0.170. The third-order valence-corrected chi connectivity index (χ3v) is 2.87. The van der Waals surface area contributed by atoms with Gasteiger partial charge in [0.05, 0.1) is 0 Å². The molecule has 0 saturated heterocycles. The van der Waals surface area contributed by atoms with Crippen molar-refractivity contribution in [1.29, 1.82) is 0 Å². The van der Waals surface area contributed by atoms with Crippen molar-refractivity contribution < 1.29 is 9.46 Å². The molecule has 1 rings (SSSR count). The minimum Gasteiger partial charge on any atom is -0.595 e. The van der Waals surface area contributed by atoms with Crippen LogP contribution in [-0.4, -0.2) is 6.16 Å². The second-order valence-corrected chi connectivity index (χ2v) is 4.32. The molecule has 2 nitrogen and oxygen atoms in total. The van der Waals surface area contributed by atoms with Gasteiger partial charge in [0.15, 0.2) is 6.16 Å². The van der Waals surface area contributed by atoms with Crippen LogP contribution in [0.4, 0.5) is 0 Å². The molecule has 0 spiro atoms. The fraction of sp³-hybridized carbons (Fsp3) is 0.500. The maximum absolute atomic E-state index is 10.4. The summed E-state index contributed by atoms with van der Waals surface area (Å²) in [4.78, 5) is 10.4. The molecule has 4 heteroatoms. The number of hydrogen-bond acceptors (Lipinski definition) is 2. The van der Waals surface area contributed by atoms with E-state index in [1.807, 2.05) is 13.0 Å². The van der Waals surface area contributed by atoms with E-state index >= 15 is 0 Å². The molecule has 0 bridgehead atoms. The van der Waals surface area contributed by atoms with Crippen LogP contribution >= 0.6 is 19.6 Å². The van der Waals surface area contributed by atoms with Crippen LogP contribution < -0.4 is 4.89 Å². The van der Waals surface area contributed by atoms with E-state index in [1.165, 1.54) is 5.57 Å².